The molecule has 0 saturated carbocycles. The van der Waals surface area contributed by atoms with E-state index in [9.17, 15) is 0 Å². The minimum absolute atomic E-state index is 0.0302. The van der Waals surface area contributed by atoms with Gasteiger partial charge >= 0.3 is 0 Å². The van der Waals surface area contributed by atoms with Crippen LogP contribution < -0.4 is 4.74 Å². The highest BCUT2D eigenvalue weighted by atomic mass is 79.9. The maximum absolute atomic E-state index is 5.52. The lowest BCUT2D eigenvalue weighted by atomic mass is 9.69. The molecule has 118 valence electrons. The molecule has 2 aromatic carbocycles. The Labute approximate surface area is 154 Å². The summed E-state index contributed by atoms with van der Waals surface area (Å²) in [5.41, 5.74) is 8.76. The van der Waals surface area contributed by atoms with Gasteiger partial charge in [-0.2, -0.15) is 0 Å². The summed E-state index contributed by atoms with van der Waals surface area (Å²) in [6, 6.07) is 11.1. The fourth-order valence-corrected chi connectivity index (χ4v) is 5.06. The van der Waals surface area contributed by atoms with Crippen LogP contribution in [0, 0.1) is 0 Å². The summed E-state index contributed by atoms with van der Waals surface area (Å²) in [5.74, 6) is 0.916. The molecule has 0 amide bonds. The monoisotopic (exact) mass is 432 g/mol. The average molecular weight is 434 g/mol. The molecule has 0 atom stereocenters. The standard InChI is InChI=1S/C20H18Br2O/c1-20(2)16-10-19(23-3)18(22)9-12(16)7-15-14-5-4-13(21)6-11(14)8-17(15)20/h4-6,9-10H,7-8H2,1-3H3. The van der Waals surface area contributed by atoms with Crippen LogP contribution in [0.3, 0.4) is 0 Å². The molecule has 2 aliphatic rings. The quantitative estimate of drug-likeness (QED) is 0.530. The predicted octanol–water partition coefficient (Wildman–Crippen LogP) is 6.06. The van der Waals surface area contributed by atoms with E-state index < -0.39 is 0 Å². The third-order valence-corrected chi connectivity index (χ3v) is 6.41. The van der Waals surface area contributed by atoms with Crippen LogP contribution in [0.1, 0.15) is 36.1 Å². The molecule has 4 rings (SSSR count). The molecular weight excluding hydrogens is 416 g/mol. The smallest absolute Gasteiger partial charge is 0.133 e. The van der Waals surface area contributed by atoms with Gasteiger partial charge in [0, 0.05) is 9.89 Å². The summed E-state index contributed by atoms with van der Waals surface area (Å²) in [4.78, 5) is 0. The number of ether oxygens (including phenoxy) is 1. The van der Waals surface area contributed by atoms with Crippen molar-refractivity contribution in [2.45, 2.75) is 32.1 Å². The first-order chi connectivity index (χ1) is 10.9. The third kappa shape index (κ3) is 2.24. The van der Waals surface area contributed by atoms with E-state index in [4.69, 9.17) is 4.74 Å². The van der Waals surface area contributed by atoms with Crippen LogP contribution >= 0.6 is 31.9 Å². The van der Waals surface area contributed by atoms with Gasteiger partial charge in [-0.25, -0.2) is 0 Å². The van der Waals surface area contributed by atoms with Gasteiger partial charge in [-0.05, 0) is 80.9 Å². The first-order valence-electron chi connectivity index (χ1n) is 7.80. The van der Waals surface area contributed by atoms with E-state index in [-0.39, 0.29) is 5.41 Å². The van der Waals surface area contributed by atoms with E-state index in [2.05, 4.69) is 76.0 Å². The Balaban J connectivity index is 1.90. The predicted molar refractivity (Wildman–Crippen MR) is 102 cm³/mol. The van der Waals surface area contributed by atoms with Gasteiger partial charge in [-0.1, -0.05) is 41.4 Å². The van der Waals surface area contributed by atoms with Crippen LogP contribution in [-0.4, -0.2) is 7.11 Å². The second-order valence-electron chi connectivity index (χ2n) is 6.88. The highest BCUT2D eigenvalue weighted by Gasteiger charge is 2.39. The molecule has 0 fully saturated rings. The molecule has 2 aliphatic carbocycles. The molecule has 3 heteroatoms. The summed E-state index contributed by atoms with van der Waals surface area (Å²) in [6.07, 6.45) is 2.06. The Hall–Kier alpha value is -1.06. The second-order valence-corrected chi connectivity index (χ2v) is 8.65. The topological polar surface area (TPSA) is 9.23 Å². The number of halogens is 2. The Morgan fingerprint density at radius 3 is 2.52 bits per heavy atom. The molecule has 0 aliphatic heterocycles. The molecule has 0 bridgehead atoms. The molecule has 0 unspecified atom stereocenters. The van der Waals surface area contributed by atoms with Crippen molar-refractivity contribution in [3.8, 4) is 5.75 Å². The SMILES string of the molecule is COc1cc2c(cc1Br)CC1=C(Cc3cc(Br)ccc31)C2(C)C. The molecule has 2 aromatic rings. The molecule has 0 radical (unpaired) electrons. The van der Waals surface area contributed by atoms with Crippen molar-refractivity contribution in [2.24, 2.45) is 0 Å². The molecule has 1 nitrogen and oxygen atoms in total. The number of fused-ring (bicyclic) bond motifs is 3. The van der Waals surface area contributed by atoms with E-state index in [1.165, 1.54) is 27.8 Å². The van der Waals surface area contributed by atoms with E-state index >= 15 is 0 Å². The first kappa shape index (κ1) is 15.5. The fraction of sp³-hybridized carbons (Fsp3) is 0.300. The number of benzene rings is 2. The number of hydrogen-bond donors (Lipinski definition) is 0. The molecule has 0 saturated heterocycles. The highest BCUT2D eigenvalue weighted by molar-refractivity contribution is 9.10. The molecular formula is C20H18Br2O. The number of methoxy groups -OCH3 is 1. The van der Waals surface area contributed by atoms with E-state index in [0.29, 0.717) is 0 Å². The van der Waals surface area contributed by atoms with Crippen molar-refractivity contribution >= 4 is 37.4 Å². The van der Waals surface area contributed by atoms with Gasteiger partial charge in [0.15, 0.2) is 0 Å². The van der Waals surface area contributed by atoms with Gasteiger partial charge in [0.25, 0.3) is 0 Å². The van der Waals surface area contributed by atoms with Gasteiger partial charge < -0.3 is 4.74 Å². The minimum Gasteiger partial charge on any atom is -0.496 e. The lowest BCUT2D eigenvalue weighted by Crippen LogP contribution is -2.27. The van der Waals surface area contributed by atoms with Crippen molar-refractivity contribution in [1.29, 1.82) is 0 Å². The normalized spacial score (nSPS) is 17.6. The maximum atomic E-state index is 5.52. The Morgan fingerprint density at radius 1 is 1.00 bits per heavy atom. The zero-order chi connectivity index (χ0) is 16.4. The van der Waals surface area contributed by atoms with Crippen molar-refractivity contribution in [2.75, 3.05) is 7.11 Å². The van der Waals surface area contributed by atoms with Crippen LogP contribution in [0.2, 0.25) is 0 Å². The van der Waals surface area contributed by atoms with Crippen LogP contribution in [-0.2, 0) is 18.3 Å². The highest BCUT2D eigenvalue weighted by Crippen LogP contribution is 2.51. The summed E-state index contributed by atoms with van der Waals surface area (Å²) >= 11 is 7.25. The maximum Gasteiger partial charge on any atom is 0.133 e. The summed E-state index contributed by atoms with van der Waals surface area (Å²) in [6.45, 7) is 4.68. The molecule has 0 heterocycles. The molecule has 23 heavy (non-hydrogen) atoms. The zero-order valence-electron chi connectivity index (χ0n) is 13.5. The van der Waals surface area contributed by atoms with Crippen LogP contribution in [0.25, 0.3) is 5.57 Å². The van der Waals surface area contributed by atoms with E-state index in [0.717, 1.165) is 27.5 Å². The summed E-state index contributed by atoms with van der Waals surface area (Å²) in [5, 5.41) is 0. The minimum atomic E-state index is 0.0302. The van der Waals surface area contributed by atoms with Gasteiger partial charge in [0.05, 0.1) is 11.6 Å². The van der Waals surface area contributed by atoms with Crippen molar-refractivity contribution in [1.82, 2.24) is 0 Å². The molecule has 0 spiro atoms. The van der Waals surface area contributed by atoms with Gasteiger partial charge in [-0.3, -0.25) is 0 Å². The van der Waals surface area contributed by atoms with Gasteiger partial charge in [0.2, 0.25) is 0 Å². The molecule has 0 N–H and O–H groups in total. The molecule has 0 aromatic heterocycles. The van der Waals surface area contributed by atoms with E-state index in [1.807, 2.05) is 0 Å². The lowest BCUT2D eigenvalue weighted by Gasteiger charge is -2.35. The second kappa shape index (κ2) is 5.22. The third-order valence-electron chi connectivity index (χ3n) is 5.30. The Morgan fingerprint density at radius 2 is 1.78 bits per heavy atom. The number of hydrogen-bond acceptors (Lipinski definition) is 1. The first-order valence-corrected chi connectivity index (χ1v) is 9.38. The summed E-state index contributed by atoms with van der Waals surface area (Å²) < 4.78 is 7.72. The Bertz CT molecular complexity index is 862. The largest absolute Gasteiger partial charge is 0.496 e. The van der Waals surface area contributed by atoms with Crippen molar-refractivity contribution < 1.29 is 4.74 Å². The van der Waals surface area contributed by atoms with Gasteiger partial charge in [0.1, 0.15) is 5.75 Å². The van der Waals surface area contributed by atoms with Crippen molar-refractivity contribution in [3.05, 3.63) is 67.1 Å². The fourth-order valence-electron chi connectivity index (χ4n) is 4.09. The van der Waals surface area contributed by atoms with Crippen LogP contribution in [0.4, 0.5) is 0 Å². The van der Waals surface area contributed by atoms with Crippen molar-refractivity contribution in [3.63, 3.8) is 0 Å². The summed E-state index contributed by atoms with van der Waals surface area (Å²) in [7, 11) is 1.73. The zero-order valence-corrected chi connectivity index (χ0v) is 16.6. The number of allylic oxidation sites excluding steroid dienone is 2. The van der Waals surface area contributed by atoms with Gasteiger partial charge in [-0.15, -0.1) is 0 Å². The average Bonchev–Trinajstić information content (AvgIpc) is 2.85. The van der Waals surface area contributed by atoms with Crippen LogP contribution in [0.5, 0.6) is 5.75 Å². The van der Waals surface area contributed by atoms with Crippen LogP contribution in [0.15, 0.2) is 44.9 Å². The van der Waals surface area contributed by atoms with E-state index in [1.54, 1.807) is 12.7 Å². The lowest BCUT2D eigenvalue weighted by molar-refractivity contribution is 0.410. The Kier molecular flexibility index (Phi) is 3.51. The number of rotatable bonds is 1.